The number of ether oxygens (including phenoxy) is 1. The first-order valence-corrected chi connectivity index (χ1v) is 13.8. The van der Waals surface area contributed by atoms with Crippen molar-refractivity contribution in [3.05, 3.63) is 48.5 Å². The van der Waals surface area contributed by atoms with Crippen LogP contribution in [-0.2, 0) is 14.0 Å². The van der Waals surface area contributed by atoms with Crippen molar-refractivity contribution >= 4 is 37.0 Å². The number of hydrogen-bond donors (Lipinski definition) is 1. The van der Waals surface area contributed by atoms with Gasteiger partial charge in [-0.05, 0) is 30.3 Å². The van der Waals surface area contributed by atoms with Gasteiger partial charge in [0, 0.05) is 12.0 Å². The Morgan fingerprint density at radius 2 is 1.94 bits per heavy atom. The predicted octanol–water partition coefficient (Wildman–Crippen LogP) is 3.96. The molecule has 1 aliphatic heterocycles. The topological polar surface area (TPSA) is 108 Å². The minimum atomic E-state index is -1.95. The van der Waals surface area contributed by atoms with Gasteiger partial charge in [0.1, 0.15) is 6.33 Å². The average molecular weight is 468 g/mol. The molecule has 33 heavy (non-hydrogen) atoms. The van der Waals surface area contributed by atoms with Gasteiger partial charge in [0.25, 0.3) is 5.91 Å². The van der Waals surface area contributed by atoms with Gasteiger partial charge < -0.3 is 14.5 Å². The number of aromatic nitrogens is 4. The van der Waals surface area contributed by atoms with Crippen LogP contribution in [0.15, 0.2) is 43.0 Å². The number of nitrogens with zero attached hydrogens (tertiary/aromatic N) is 4. The van der Waals surface area contributed by atoms with Gasteiger partial charge in [-0.3, -0.25) is 14.2 Å². The van der Waals surface area contributed by atoms with Gasteiger partial charge in [0.05, 0.1) is 19.0 Å². The van der Waals surface area contributed by atoms with Crippen LogP contribution in [-0.4, -0.2) is 52.2 Å². The number of rotatable bonds is 6. The molecule has 3 heterocycles. The molecule has 0 saturated carbocycles. The third-order valence-corrected chi connectivity index (χ3v) is 10.8. The fourth-order valence-corrected chi connectivity index (χ4v) is 4.39. The van der Waals surface area contributed by atoms with Crippen LogP contribution in [0.3, 0.4) is 0 Å². The summed E-state index contributed by atoms with van der Waals surface area (Å²) in [5.74, 6) is -0.0938. The van der Waals surface area contributed by atoms with Crippen LogP contribution in [0.4, 0.5) is 5.82 Å². The number of carbonyl (C=O) groups is 2. The van der Waals surface area contributed by atoms with Crippen molar-refractivity contribution in [2.75, 3.05) is 11.9 Å². The Labute approximate surface area is 193 Å². The van der Waals surface area contributed by atoms with Crippen LogP contribution >= 0.6 is 0 Å². The zero-order chi connectivity index (χ0) is 23.8. The molecule has 0 spiro atoms. The molecule has 1 aromatic carbocycles. The molecule has 0 unspecified atom stereocenters. The molecule has 2 aromatic heterocycles. The van der Waals surface area contributed by atoms with E-state index in [-0.39, 0.29) is 35.1 Å². The minimum absolute atomic E-state index is 0.0633. The SMILES string of the molecule is CC(C)(C)[Si](C)(C)OC[C@@H]1CC(=O)[C@H](n2cnc3c(NC(=O)c4ccccc4)ncnc32)O1. The fourth-order valence-electron chi connectivity index (χ4n) is 3.35. The highest BCUT2D eigenvalue weighted by Gasteiger charge is 2.41. The summed E-state index contributed by atoms with van der Waals surface area (Å²) in [6.07, 6.45) is 1.93. The zero-order valence-corrected chi connectivity index (χ0v) is 20.5. The maximum absolute atomic E-state index is 12.8. The van der Waals surface area contributed by atoms with Crippen molar-refractivity contribution in [3.8, 4) is 0 Å². The Morgan fingerprint density at radius 3 is 2.64 bits per heavy atom. The van der Waals surface area contributed by atoms with Gasteiger partial charge in [-0.15, -0.1) is 0 Å². The van der Waals surface area contributed by atoms with E-state index < -0.39 is 14.5 Å². The van der Waals surface area contributed by atoms with E-state index in [0.29, 0.717) is 23.3 Å². The molecule has 10 heteroatoms. The van der Waals surface area contributed by atoms with Crippen LogP contribution in [0.1, 0.15) is 43.8 Å². The summed E-state index contributed by atoms with van der Waals surface area (Å²) in [6, 6.07) is 8.83. The monoisotopic (exact) mass is 467 g/mol. The number of benzene rings is 1. The number of carbonyl (C=O) groups excluding carboxylic acids is 2. The van der Waals surface area contributed by atoms with E-state index >= 15 is 0 Å². The van der Waals surface area contributed by atoms with Crippen LogP contribution in [0.2, 0.25) is 18.1 Å². The maximum Gasteiger partial charge on any atom is 0.256 e. The molecule has 3 aromatic rings. The molecule has 0 aliphatic carbocycles. The molecule has 174 valence electrons. The van der Waals surface area contributed by atoms with E-state index in [4.69, 9.17) is 9.16 Å². The lowest BCUT2D eigenvalue weighted by Gasteiger charge is -2.36. The molecule has 1 aliphatic rings. The first-order chi connectivity index (χ1) is 15.6. The first-order valence-electron chi connectivity index (χ1n) is 10.9. The van der Waals surface area contributed by atoms with E-state index in [1.165, 1.54) is 12.7 Å². The predicted molar refractivity (Wildman–Crippen MR) is 126 cm³/mol. The van der Waals surface area contributed by atoms with Crippen molar-refractivity contribution < 1.29 is 18.8 Å². The molecule has 0 bridgehead atoms. The lowest BCUT2D eigenvalue weighted by atomic mass is 10.2. The summed E-state index contributed by atoms with van der Waals surface area (Å²) in [5, 5.41) is 2.85. The summed E-state index contributed by atoms with van der Waals surface area (Å²) < 4.78 is 13.9. The third kappa shape index (κ3) is 4.73. The minimum Gasteiger partial charge on any atom is -0.414 e. The van der Waals surface area contributed by atoms with E-state index in [2.05, 4.69) is 54.1 Å². The highest BCUT2D eigenvalue weighted by Crippen LogP contribution is 2.37. The summed E-state index contributed by atoms with van der Waals surface area (Å²) >= 11 is 0. The summed E-state index contributed by atoms with van der Waals surface area (Å²) in [7, 11) is -1.95. The molecule has 0 radical (unpaired) electrons. The summed E-state index contributed by atoms with van der Waals surface area (Å²) in [5.41, 5.74) is 1.31. The lowest BCUT2D eigenvalue weighted by Crippen LogP contribution is -2.42. The standard InChI is InChI=1S/C23H29N5O4Si/c1-23(2,3)33(4,5)31-12-16-11-17(29)22(32-16)28-14-26-18-19(24-13-25-20(18)28)27-21(30)15-9-7-6-8-10-15/h6-10,13-14,16,22H,11-12H2,1-5H3,(H,24,25,27,30)/t16-,22+/m0/s1. The smallest absolute Gasteiger partial charge is 0.256 e. The Hall–Kier alpha value is -2.95. The number of fused-ring (bicyclic) bond motifs is 1. The van der Waals surface area contributed by atoms with Crippen LogP contribution in [0.25, 0.3) is 11.2 Å². The van der Waals surface area contributed by atoms with E-state index in [9.17, 15) is 9.59 Å². The quantitative estimate of drug-likeness (QED) is 0.547. The first kappa shape index (κ1) is 23.2. The number of hydrogen-bond acceptors (Lipinski definition) is 7. The Morgan fingerprint density at radius 1 is 1.21 bits per heavy atom. The van der Waals surface area contributed by atoms with Crippen molar-refractivity contribution in [1.82, 2.24) is 19.5 Å². The van der Waals surface area contributed by atoms with Gasteiger partial charge >= 0.3 is 0 Å². The van der Waals surface area contributed by atoms with Crippen LogP contribution in [0, 0.1) is 0 Å². The van der Waals surface area contributed by atoms with Gasteiger partial charge in [-0.25, -0.2) is 15.0 Å². The Bertz CT molecular complexity index is 1170. The van der Waals surface area contributed by atoms with Gasteiger partial charge in [-0.1, -0.05) is 39.0 Å². The van der Waals surface area contributed by atoms with E-state index in [0.717, 1.165) is 0 Å². The van der Waals surface area contributed by atoms with E-state index in [1.54, 1.807) is 28.8 Å². The molecule has 1 fully saturated rings. The van der Waals surface area contributed by atoms with Gasteiger partial charge in [0.15, 0.2) is 37.3 Å². The largest absolute Gasteiger partial charge is 0.414 e. The molecule has 1 N–H and O–H groups in total. The number of ketones is 1. The molecular formula is C23H29N5O4Si. The molecule has 2 atom stereocenters. The number of nitrogens with one attached hydrogen (secondary N) is 1. The molecule has 1 saturated heterocycles. The molecular weight excluding hydrogens is 438 g/mol. The second-order valence-electron chi connectivity index (χ2n) is 9.72. The average Bonchev–Trinajstić information content (AvgIpc) is 3.35. The van der Waals surface area contributed by atoms with Crippen LogP contribution < -0.4 is 5.32 Å². The number of anilines is 1. The van der Waals surface area contributed by atoms with Crippen molar-refractivity contribution in [3.63, 3.8) is 0 Å². The van der Waals surface area contributed by atoms with Gasteiger partial charge in [-0.2, -0.15) is 0 Å². The number of Topliss-reactive ketones (excluding diaryl/α,β-unsaturated/α-hetero) is 1. The molecule has 9 nitrogen and oxygen atoms in total. The third-order valence-electron chi connectivity index (χ3n) is 6.34. The lowest BCUT2D eigenvalue weighted by molar-refractivity contribution is -0.127. The fraction of sp³-hybridized carbons (Fsp3) is 0.435. The number of imidazole rings is 1. The normalized spacial score (nSPS) is 19.2. The van der Waals surface area contributed by atoms with Crippen molar-refractivity contribution in [1.29, 1.82) is 0 Å². The second-order valence-corrected chi connectivity index (χ2v) is 14.5. The highest BCUT2D eigenvalue weighted by atomic mass is 28.4. The van der Waals surface area contributed by atoms with Gasteiger partial charge in [0.2, 0.25) is 0 Å². The summed E-state index contributed by atoms with van der Waals surface area (Å²) in [4.78, 5) is 38.1. The molecule has 4 rings (SSSR count). The maximum atomic E-state index is 12.8. The highest BCUT2D eigenvalue weighted by molar-refractivity contribution is 6.74. The Balaban J connectivity index is 1.51. The molecule has 1 amide bonds. The zero-order valence-electron chi connectivity index (χ0n) is 19.5. The summed E-state index contributed by atoms with van der Waals surface area (Å²) in [6.45, 7) is 11.2. The number of amides is 1. The van der Waals surface area contributed by atoms with Crippen molar-refractivity contribution in [2.24, 2.45) is 0 Å². The van der Waals surface area contributed by atoms with Crippen LogP contribution in [0.5, 0.6) is 0 Å². The van der Waals surface area contributed by atoms with Crippen molar-refractivity contribution in [2.45, 2.75) is 57.7 Å². The Kier molecular flexibility index (Phi) is 6.17. The second kappa shape index (κ2) is 8.77. The van der Waals surface area contributed by atoms with E-state index in [1.807, 2.05) is 6.07 Å².